The van der Waals surface area contributed by atoms with Gasteiger partial charge < -0.3 is 30.5 Å². The van der Waals surface area contributed by atoms with E-state index in [-0.39, 0.29) is 18.6 Å². The summed E-state index contributed by atoms with van der Waals surface area (Å²) in [5.41, 5.74) is 6.13. The number of hydrogen-bond donors (Lipinski definition) is 4. The van der Waals surface area contributed by atoms with Gasteiger partial charge in [-0.25, -0.2) is 9.97 Å². The zero-order valence-electron chi connectivity index (χ0n) is 27.6. The van der Waals surface area contributed by atoms with Gasteiger partial charge in [-0.2, -0.15) is 5.10 Å². The van der Waals surface area contributed by atoms with Crippen LogP contribution in [-0.2, 0) is 31.0 Å². The number of rotatable bonds is 15. The molecule has 2 aromatic carbocycles. The number of aliphatic hydroxyl groups is 1. The monoisotopic (exact) mass is 717 g/mol. The number of nitrogens with one attached hydrogen (secondary N) is 3. The highest BCUT2D eigenvalue weighted by Gasteiger charge is 2.21. The fourth-order valence-electron chi connectivity index (χ4n) is 5.74. The molecule has 1 saturated heterocycles. The summed E-state index contributed by atoms with van der Waals surface area (Å²) in [6.45, 7) is 2.53. The number of methoxy groups -OCH3 is 2. The number of aromatic nitrogens is 6. The van der Waals surface area contributed by atoms with Crippen molar-refractivity contribution in [2.75, 3.05) is 27.4 Å². The smallest absolute Gasteiger partial charge is 0.237 e. The lowest BCUT2D eigenvalue weighted by Gasteiger charge is -2.15. The topological polar surface area (TPSA) is 161 Å². The molecule has 13 nitrogen and oxygen atoms in total. The van der Waals surface area contributed by atoms with Gasteiger partial charge in [0.05, 0.1) is 67.4 Å². The first-order valence-corrected chi connectivity index (χ1v) is 16.8. The molecule has 0 aliphatic carbocycles. The SMILES string of the molecule is COc1nc(-c2cccc(-c3cccc(-c4cnc(CNC[C@@H]5CCC(=O)N5)c(OC)n4)c3Cl)c2Cl)cnc1CNCc1cnn(CCO)c1. The van der Waals surface area contributed by atoms with Crippen LogP contribution in [0.25, 0.3) is 33.6 Å². The highest BCUT2D eigenvalue weighted by atomic mass is 35.5. The minimum absolute atomic E-state index is 0.0313. The van der Waals surface area contributed by atoms with E-state index >= 15 is 0 Å². The van der Waals surface area contributed by atoms with Gasteiger partial charge in [-0.1, -0.05) is 59.6 Å². The molecule has 5 aromatic rings. The maximum Gasteiger partial charge on any atom is 0.237 e. The standard InChI is InChI=1S/C35H37Cl2N9O4/c1-49-34-29(16-38-13-21-14-42-46(20-21)11-12-47)40-18-27(44-34)25-7-3-5-23(32(25)36)24-6-4-8-26(33(24)37)28-19-41-30(35(45-28)50-2)17-39-15-22-9-10-31(48)43-22/h3-8,14,18-20,22,38-39,47H,9-13,15-17H2,1-2H3,(H,43,48)/t22-/m0/s1. The number of aliphatic hydroxyl groups excluding tert-OH is 1. The second-order valence-electron chi connectivity index (χ2n) is 11.6. The molecule has 0 unspecified atom stereocenters. The lowest BCUT2D eigenvalue weighted by atomic mass is 9.98. The van der Waals surface area contributed by atoms with Gasteiger partial charge in [-0.05, 0) is 6.42 Å². The first-order valence-electron chi connectivity index (χ1n) is 16.1. The second-order valence-corrected chi connectivity index (χ2v) is 12.4. The Kier molecular flexibility index (Phi) is 11.5. The number of amides is 1. The zero-order chi connectivity index (χ0) is 35.0. The second kappa shape index (κ2) is 16.4. The maximum atomic E-state index is 11.5. The Bertz CT molecular complexity index is 1970. The van der Waals surface area contributed by atoms with Crippen LogP contribution >= 0.6 is 23.2 Å². The quantitative estimate of drug-likeness (QED) is 0.121. The van der Waals surface area contributed by atoms with Crippen molar-refractivity contribution >= 4 is 29.1 Å². The molecule has 4 N–H and O–H groups in total. The van der Waals surface area contributed by atoms with Gasteiger partial charge in [0.15, 0.2) is 0 Å². The van der Waals surface area contributed by atoms with Crippen molar-refractivity contribution in [3.8, 4) is 45.4 Å². The summed E-state index contributed by atoms with van der Waals surface area (Å²) in [6, 6.07) is 11.4. The molecule has 50 heavy (non-hydrogen) atoms. The number of benzene rings is 2. The predicted octanol–water partition coefficient (Wildman–Crippen LogP) is 4.44. The highest BCUT2D eigenvalue weighted by Crippen LogP contribution is 2.42. The van der Waals surface area contributed by atoms with Gasteiger partial charge in [0.25, 0.3) is 0 Å². The van der Waals surface area contributed by atoms with E-state index in [1.54, 1.807) is 37.5 Å². The third-order valence-corrected chi connectivity index (χ3v) is 9.07. The van der Waals surface area contributed by atoms with Crippen LogP contribution in [0.15, 0.2) is 61.2 Å². The molecule has 6 rings (SSSR count). The van der Waals surface area contributed by atoms with Crippen molar-refractivity contribution in [1.29, 1.82) is 0 Å². The van der Waals surface area contributed by atoms with Crippen LogP contribution in [0.4, 0.5) is 0 Å². The molecular weight excluding hydrogens is 681 g/mol. The Labute approximate surface area is 299 Å². The summed E-state index contributed by atoms with van der Waals surface area (Å²) < 4.78 is 12.9. The van der Waals surface area contributed by atoms with Crippen LogP contribution in [0.1, 0.15) is 29.8 Å². The summed E-state index contributed by atoms with van der Waals surface area (Å²) in [5.74, 6) is 0.840. The largest absolute Gasteiger partial charge is 0.480 e. The Morgan fingerprint density at radius 1 is 0.860 bits per heavy atom. The molecule has 1 aliphatic heterocycles. The van der Waals surface area contributed by atoms with E-state index in [1.165, 1.54) is 0 Å². The molecule has 0 radical (unpaired) electrons. The summed E-state index contributed by atoms with van der Waals surface area (Å²) in [7, 11) is 3.10. The fourth-order valence-corrected chi connectivity index (χ4v) is 6.39. The summed E-state index contributed by atoms with van der Waals surface area (Å²) in [6.07, 6.45) is 8.34. The number of ether oxygens (including phenoxy) is 2. The Balaban J connectivity index is 1.19. The van der Waals surface area contributed by atoms with Gasteiger partial charge in [-0.3, -0.25) is 19.4 Å². The summed E-state index contributed by atoms with van der Waals surface area (Å²) in [5, 5.41) is 23.9. The van der Waals surface area contributed by atoms with Crippen molar-refractivity contribution in [3.05, 3.63) is 88.2 Å². The van der Waals surface area contributed by atoms with Gasteiger partial charge in [0.1, 0.15) is 11.4 Å². The lowest BCUT2D eigenvalue weighted by Crippen LogP contribution is -2.35. The summed E-state index contributed by atoms with van der Waals surface area (Å²) >= 11 is 14.1. The minimum Gasteiger partial charge on any atom is -0.480 e. The van der Waals surface area contributed by atoms with Crippen LogP contribution in [0.5, 0.6) is 11.8 Å². The first-order chi connectivity index (χ1) is 24.4. The molecule has 260 valence electrons. The molecule has 1 aliphatic rings. The normalized spacial score (nSPS) is 14.2. The fraction of sp³-hybridized carbons (Fsp3) is 0.314. The van der Waals surface area contributed by atoms with Crippen LogP contribution < -0.4 is 25.4 Å². The highest BCUT2D eigenvalue weighted by molar-refractivity contribution is 6.39. The molecule has 15 heteroatoms. The van der Waals surface area contributed by atoms with E-state index < -0.39 is 0 Å². The minimum atomic E-state index is 0.0313. The van der Waals surface area contributed by atoms with Crippen molar-refractivity contribution in [3.63, 3.8) is 0 Å². The first kappa shape index (κ1) is 35.2. The Morgan fingerprint density at radius 3 is 1.98 bits per heavy atom. The molecule has 4 heterocycles. The van der Waals surface area contributed by atoms with E-state index in [1.807, 2.05) is 42.6 Å². The van der Waals surface area contributed by atoms with Gasteiger partial charge in [0.2, 0.25) is 17.7 Å². The van der Waals surface area contributed by atoms with Gasteiger partial charge >= 0.3 is 0 Å². The predicted molar refractivity (Wildman–Crippen MR) is 190 cm³/mol. The average Bonchev–Trinajstić information content (AvgIpc) is 3.77. The van der Waals surface area contributed by atoms with Crippen molar-refractivity contribution < 1.29 is 19.4 Å². The number of nitrogens with zero attached hydrogens (tertiary/aromatic N) is 6. The Hall–Kier alpha value is -4.66. The van der Waals surface area contributed by atoms with Crippen LogP contribution in [-0.4, -0.2) is 74.1 Å². The lowest BCUT2D eigenvalue weighted by molar-refractivity contribution is -0.119. The molecule has 3 aromatic heterocycles. The molecule has 0 saturated carbocycles. The molecule has 1 fully saturated rings. The van der Waals surface area contributed by atoms with E-state index in [0.717, 1.165) is 12.0 Å². The third kappa shape index (κ3) is 8.03. The van der Waals surface area contributed by atoms with E-state index in [4.69, 9.17) is 47.8 Å². The van der Waals surface area contributed by atoms with E-state index in [0.29, 0.717) is 106 Å². The van der Waals surface area contributed by atoms with Crippen molar-refractivity contribution in [2.45, 2.75) is 45.1 Å². The maximum absolute atomic E-state index is 11.5. The number of halogens is 2. The number of carbonyl (C=O) groups excluding carboxylic acids is 1. The molecule has 0 bridgehead atoms. The molecular formula is C35H37Cl2N9O4. The zero-order valence-corrected chi connectivity index (χ0v) is 29.1. The van der Waals surface area contributed by atoms with Crippen LogP contribution in [0, 0.1) is 0 Å². The van der Waals surface area contributed by atoms with Gasteiger partial charge in [-0.15, -0.1) is 0 Å². The molecule has 0 spiro atoms. The molecule has 1 atom stereocenters. The number of carbonyl (C=O) groups is 1. The Morgan fingerprint density at radius 2 is 1.44 bits per heavy atom. The van der Waals surface area contributed by atoms with Gasteiger partial charge in [0, 0.05) is 72.7 Å². The van der Waals surface area contributed by atoms with Crippen LogP contribution in [0.3, 0.4) is 0 Å². The van der Waals surface area contributed by atoms with Crippen molar-refractivity contribution in [2.24, 2.45) is 0 Å². The molecule has 1 amide bonds. The average molecular weight is 719 g/mol. The number of hydrogen-bond acceptors (Lipinski definition) is 11. The van der Waals surface area contributed by atoms with E-state index in [2.05, 4.69) is 31.0 Å². The van der Waals surface area contributed by atoms with E-state index in [9.17, 15) is 4.79 Å². The summed E-state index contributed by atoms with van der Waals surface area (Å²) in [4.78, 5) is 30.2. The van der Waals surface area contributed by atoms with Crippen molar-refractivity contribution in [1.82, 2.24) is 45.7 Å². The van der Waals surface area contributed by atoms with Crippen LogP contribution in [0.2, 0.25) is 10.0 Å². The third-order valence-electron chi connectivity index (χ3n) is 8.25.